The van der Waals surface area contributed by atoms with Crippen molar-refractivity contribution in [3.05, 3.63) is 165 Å². The van der Waals surface area contributed by atoms with Crippen molar-refractivity contribution in [2.75, 3.05) is 27.7 Å². The standard InChI is InChI=1S/C25H25N7OS.C22H21N7OS/c1-4-6-20-15-34-24-22(20)23(19-8-10-21(11-9-19)27-17(3)33)30-31(14-18-7-5-12-26-13-18)25-29-28-16(2)32(24)25;1-14-25-26-22-28(12-15-3-2-9-24-11-15)27-20(16-4-6-18(23)7-5-16)19-17(8-10-30)13-31-21(19)29(14)22/h5,7-13,15H,4,6,14H2,1-3H3,(H,27,33);2-7,9,11,13,30H,8,10,12,23H2,1H3. The molecule has 2 aliphatic heterocycles. The topological polar surface area (TPSA) is 194 Å². The average molecular weight is 903 g/mol. The molecule has 0 aliphatic carbocycles. The first-order valence-corrected chi connectivity index (χ1v) is 22.9. The van der Waals surface area contributed by atoms with E-state index in [9.17, 15) is 9.90 Å². The normalized spacial score (nSPS) is 12.7. The molecule has 8 heterocycles. The van der Waals surface area contributed by atoms with E-state index in [0.29, 0.717) is 37.1 Å². The molecule has 0 spiro atoms. The number of aliphatic hydroxyl groups is 1. The lowest BCUT2D eigenvalue weighted by Crippen LogP contribution is -2.20. The van der Waals surface area contributed by atoms with Crippen LogP contribution in [0, 0.1) is 13.8 Å². The Morgan fingerprint density at radius 3 is 1.63 bits per heavy atom. The molecule has 0 saturated carbocycles. The van der Waals surface area contributed by atoms with E-state index in [-0.39, 0.29) is 12.5 Å². The average Bonchev–Trinajstić information content (AvgIpc) is 4.07. The molecular weight excluding hydrogens is 857 g/mol. The van der Waals surface area contributed by atoms with Gasteiger partial charge < -0.3 is 16.2 Å². The number of thiophene rings is 2. The molecule has 4 N–H and O–H groups in total. The molecule has 6 aromatic heterocycles. The molecule has 0 saturated heterocycles. The molecule has 1 amide bonds. The number of nitrogens with zero attached hydrogens (tertiary/aromatic N) is 12. The Bertz CT molecular complexity index is 3010. The minimum absolute atomic E-state index is 0.0611. The van der Waals surface area contributed by atoms with Crippen LogP contribution in [0.5, 0.6) is 0 Å². The van der Waals surface area contributed by atoms with Crippen LogP contribution in [-0.4, -0.2) is 68.5 Å². The largest absolute Gasteiger partial charge is 0.399 e. The number of aliphatic hydroxyl groups excluding tert-OH is 1. The smallest absolute Gasteiger partial charge is 0.253 e. The first-order chi connectivity index (χ1) is 31.7. The van der Waals surface area contributed by atoms with Gasteiger partial charge in [0.2, 0.25) is 5.91 Å². The van der Waals surface area contributed by atoms with Crippen LogP contribution in [0.4, 0.5) is 23.3 Å². The molecular formula is C47H46N14O2S2. The van der Waals surface area contributed by atoms with E-state index in [1.165, 1.54) is 12.5 Å². The van der Waals surface area contributed by atoms with Gasteiger partial charge in [0.05, 0.1) is 13.1 Å². The molecule has 0 unspecified atom stereocenters. The Balaban J connectivity index is 0.000000165. The first kappa shape index (κ1) is 42.9. The van der Waals surface area contributed by atoms with Crippen molar-refractivity contribution in [1.29, 1.82) is 0 Å². The molecule has 328 valence electrons. The maximum absolute atomic E-state index is 11.5. The zero-order chi connectivity index (χ0) is 45.0. The highest BCUT2D eigenvalue weighted by Gasteiger charge is 2.32. The lowest BCUT2D eigenvalue weighted by atomic mass is 9.98. The summed E-state index contributed by atoms with van der Waals surface area (Å²) in [5.41, 5.74) is 17.4. The predicted molar refractivity (Wildman–Crippen MR) is 256 cm³/mol. The number of hydrazone groups is 2. The highest BCUT2D eigenvalue weighted by Crippen LogP contribution is 2.39. The predicted octanol–water partition coefficient (Wildman–Crippen LogP) is 7.64. The Kier molecular flexibility index (Phi) is 12.4. The van der Waals surface area contributed by atoms with Gasteiger partial charge in [-0.2, -0.15) is 10.2 Å². The lowest BCUT2D eigenvalue weighted by molar-refractivity contribution is -0.114. The van der Waals surface area contributed by atoms with Crippen LogP contribution >= 0.6 is 22.7 Å². The molecule has 0 bridgehead atoms. The fourth-order valence-electron chi connectivity index (χ4n) is 7.80. The Morgan fingerprint density at radius 2 is 1.18 bits per heavy atom. The second-order valence-corrected chi connectivity index (χ2v) is 17.2. The quantitative estimate of drug-likeness (QED) is 0.108. The molecule has 8 aromatic rings. The number of benzene rings is 2. The Labute approximate surface area is 383 Å². The third kappa shape index (κ3) is 8.78. The van der Waals surface area contributed by atoms with Crippen molar-refractivity contribution >= 4 is 63.3 Å². The van der Waals surface area contributed by atoms with Gasteiger partial charge in [0, 0.05) is 71.9 Å². The number of amides is 1. The fourth-order valence-corrected chi connectivity index (χ4v) is 10.1. The maximum atomic E-state index is 11.5. The number of carbonyl (C=O) groups is 1. The van der Waals surface area contributed by atoms with Crippen molar-refractivity contribution in [3.8, 4) is 10.0 Å². The molecule has 10 rings (SSSR count). The third-order valence-electron chi connectivity index (χ3n) is 10.8. The number of hydrogen-bond acceptors (Lipinski definition) is 15. The number of nitrogen functional groups attached to an aromatic ring is 1. The van der Waals surface area contributed by atoms with Crippen LogP contribution in [-0.2, 0) is 30.7 Å². The van der Waals surface area contributed by atoms with E-state index in [4.69, 9.17) is 15.9 Å². The number of nitrogens with one attached hydrogen (secondary N) is 1. The van der Waals surface area contributed by atoms with Gasteiger partial charge in [0.1, 0.15) is 33.1 Å². The molecule has 0 fully saturated rings. The number of fused-ring (bicyclic) bond motifs is 6. The van der Waals surface area contributed by atoms with Crippen LogP contribution in [0.1, 0.15) is 76.4 Å². The Hall–Kier alpha value is -7.41. The summed E-state index contributed by atoms with van der Waals surface area (Å²) in [5.74, 6) is 2.82. The second-order valence-electron chi connectivity index (χ2n) is 15.5. The van der Waals surface area contributed by atoms with Crippen molar-refractivity contribution < 1.29 is 9.90 Å². The summed E-state index contributed by atoms with van der Waals surface area (Å²) in [4.78, 5) is 20.0. The van der Waals surface area contributed by atoms with Crippen LogP contribution in [0.3, 0.4) is 0 Å². The minimum Gasteiger partial charge on any atom is -0.399 e. The van der Waals surface area contributed by atoms with Gasteiger partial charge in [-0.15, -0.1) is 43.1 Å². The maximum Gasteiger partial charge on any atom is 0.253 e. The monoisotopic (exact) mass is 902 g/mol. The van der Waals surface area contributed by atoms with Gasteiger partial charge >= 0.3 is 0 Å². The van der Waals surface area contributed by atoms with E-state index >= 15 is 0 Å². The summed E-state index contributed by atoms with van der Waals surface area (Å²) < 4.78 is 4.13. The number of rotatable bonds is 11. The van der Waals surface area contributed by atoms with E-state index in [0.717, 1.165) is 90.5 Å². The van der Waals surface area contributed by atoms with Crippen molar-refractivity contribution in [2.24, 2.45) is 10.2 Å². The van der Waals surface area contributed by atoms with Gasteiger partial charge in [-0.25, -0.2) is 10.0 Å². The SMILES string of the molecule is CCCc1csc2c1C(c1ccc(NC(C)=O)cc1)=NN(Cc1cccnc1)c1nnc(C)n1-2.Cc1nnc2n1-c1scc(CCO)c1C(c1ccc(N)cc1)=NN2Cc1cccnc1. The van der Waals surface area contributed by atoms with Crippen LogP contribution in [0.25, 0.3) is 10.0 Å². The van der Waals surface area contributed by atoms with Gasteiger partial charge in [0.15, 0.2) is 0 Å². The lowest BCUT2D eigenvalue weighted by Gasteiger charge is -2.18. The van der Waals surface area contributed by atoms with Gasteiger partial charge in [-0.3, -0.25) is 23.9 Å². The van der Waals surface area contributed by atoms with Gasteiger partial charge in [-0.05, 0) is 96.1 Å². The fraction of sp³-hybridized carbons (Fsp3) is 0.213. The number of aromatic nitrogens is 8. The van der Waals surface area contributed by atoms with Crippen LogP contribution < -0.4 is 21.1 Å². The third-order valence-corrected chi connectivity index (χ3v) is 12.8. The second kappa shape index (κ2) is 18.7. The zero-order valence-electron chi connectivity index (χ0n) is 36.3. The number of anilines is 4. The summed E-state index contributed by atoms with van der Waals surface area (Å²) >= 11 is 3.30. The molecule has 2 aliphatic rings. The minimum atomic E-state index is -0.0963. The van der Waals surface area contributed by atoms with E-state index in [2.05, 4.69) is 57.9 Å². The van der Waals surface area contributed by atoms with Crippen molar-refractivity contribution in [1.82, 2.24) is 39.5 Å². The molecule has 16 nitrogen and oxygen atoms in total. The van der Waals surface area contributed by atoms with Gasteiger partial charge in [-0.1, -0.05) is 49.7 Å². The zero-order valence-corrected chi connectivity index (χ0v) is 37.9. The number of pyridine rings is 2. The highest BCUT2D eigenvalue weighted by atomic mass is 32.1. The molecule has 0 atom stereocenters. The molecule has 2 aromatic carbocycles. The summed E-state index contributed by atoms with van der Waals surface area (Å²) in [6.45, 7) is 8.66. The number of aryl methyl sites for hydroxylation is 3. The molecule has 0 radical (unpaired) electrons. The summed E-state index contributed by atoms with van der Waals surface area (Å²) in [7, 11) is 0. The van der Waals surface area contributed by atoms with Crippen molar-refractivity contribution in [2.45, 2.75) is 60.0 Å². The van der Waals surface area contributed by atoms with Crippen molar-refractivity contribution in [3.63, 3.8) is 0 Å². The Morgan fingerprint density at radius 1 is 0.692 bits per heavy atom. The van der Waals surface area contributed by atoms with E-state index in [1.807, 2.05) is 114 Å². The molecule has 18 heteroatoms. The summed E-state index contributed by atoms with van der Waals surface area (Å²) in [6.07, 6.45) is 9.70. The van der Waals surface area contributed by atoms with E-state index in [1.54, 1.807) is 35.1 Å². The van der Waals surface area contributed by atoms with Gasteiger partial charge in [0.25, 0.3) is 11.9 Å². The number of nitrogens with two attached hydrogens (primary N) is 1. The van der Waals surface area contributed by atoms with E-state index < -0.39 is 0 Å². The molecule has 65 heavy (non-hydrogen) atoms. The number of carbonyl (C=O) groups excluding carboxylic acids is 1. The van der Waals surface area contributed by atoms with Crippen LogP contribution in [0.15, 0.2) is 119 Å². The van der Waals surface area contributed by atoms with Crippen LogP contribution in [0.2, 0.25) is 0 Å². The summed E-state index contributed by atoms with van der Waals surface area (Å²) in [6, 6.07) is 23.4. The highest BCUT2D eigenvalue weighted by molar-refractivity contribution is 7.13. The summed E-state index contributed by atoms with van der Waals surface area (Å²) in [5, 5.41) is 50.5. The first-order valence-electron chi connectivity index (χ1n) is 21.1. The number of hydrogen-bond donors (Lipinski definition) is 3.